The molecule has 1 atom stereocenters. The van der Waals surface area contributed by atoms with Crippen LogP contribution in [-0.4, -0.2) is 26.2 Å². The Bertz CT molecular complexity index is 662. The van der Waals surface area contributed by atoms with Crippen LogP contribution in [0, 0.1) is 0 Å². The average molecular weight is 315 g/mol. The number of hydrogen-bond donors (Lipinski definition) is 1. The first kappa shape index (κ1) is 16.7. The lowest BCUT2D eigenvalue weighted by Crippen LogP contribution is -2.32. The summed E-state index contributed by atoms with van der Waals surface area (Å²) < 4.78 is 15.4. The lowest BCUT2D eigenvalue weighted by molar-refractivity contribution is -0.117. The normalized spacial score (nSPS) is 12.1. The molecule has 5 nitrogen and oxygen atoms in total. The van der Waals surface area contributed by atoms with Gasteiger partial charge in [-0.3, -0.25) is 4.79 Å². The molecule has 0 aliphatic carbocycles. The van der Waals surface area contributed by atoms with E-state index in [9.17, 15) is 4.79 Å². The molecule has 1 aromatic carbocycles. The van der Waals surface area contributed by atoms with Crippen LogP contribution in [0.1, 0.15) is 18.1 Å². The fraction of sp³-hybridized carbons (Fsp3) is 0.278. The van der Waals surface area contributed by atoms with Crippen LogP contribution in [0.2, 0.25) is 0 Å². The van der Waals surface area contributed by atoms with Crippen molar-refractivity contribution in [3.05, 3.63) is 54.0 Å². The van der Waals surface area contributed by atoms with Gasteiger partial charge < -0.3 is 19.2 Å². The molecule has 0 fully saturated rings. The minimum absolute atomic E-state index is 0.0233. The van der Waals surface area contributed by atoms with Gasteiger partial charge in [0.05, 0.1) is 26.7 Å². The Morgan fingerprint density at radius 1 is 1.26 bits per heavy atom. The highest BCUT2D eigenvalue weighted by Gasteiger charge is 2.07. The molecule has 1 unspecified atom stereocenters. The molecule has 0 radical (unpaired) electrons. The number of carbonyl (C=O) groups is 1. The fourth-order valence-corrected chi connectivity index (χ4v) is 2.23. The predicted octanol–water partition coefficient (Wildman–Crippen LogP) is 3.06. The zero-order chi connectivity index (χ0) is 16.7. The van der Waals surface area contributed by atoms with E-state index in [2.05, 4.69) is 5.32 Å². The number of benzene rings is 1. The fourth-order valence-electron chi connectivity index (χ4n) is 2.23. The van der Waals surface area contributed by atoms with Crippen molar-refractivity contribution in [1.29, 1.82) is 0 Å². The van der Waals surface area contributed by atoms with Crippen LogP contribution in [0.4, 0.5) is 0 Å². The van der Waals surface area contributed by atoms with Gasteiger partial charge in [0.25, 0.3) is 0 Å². The molecular weight excluding hydrogens is 294 g/mol. The minimum atomic E-state index is -0.143. The number of furan rings is 1. The van der Waals surface area contributed by atoms with Gasteiger partial charge in [-0.1, -0.05) is 6.07 Å². The Morgan fingerprint density at radius 2 is 2.04 bits per heavy atom. The molecular formula is C18H21NO4. The third kappa shape index (κ3) is 4.92. The maximum atomic E-state index is 12.0. The number of carbonyl (C=O) groups excluding carboxylic acids is 1. The van der Waals surface area contributed by atoms with E-state index in [1.807, 2.05) is 25.1 Å². The Kier molecular flexibility index (Phi) is 5.86. The van der Waals surface area contributed by atoms with Crippen LogP contribution in [-0.2, 0) is 11.2 Å². The first-order valence-corrected chi connectivity index (χ1v) is 7.34. The molecule has 2 rings (SSSR count). The van der Waals surface area contributed by atoms with Gasteiger partial charge in [0.1, 0.15) is 0 Å². The van der Waals surface area contributed by atoms with E-state index in [1.54, 1.807) is 38.9 Å². The van der Waals surface area contributed by atoms with Crippen molar-refractivity contribution in [2.45, 2.75) is 19.4 Å². The zero-order valence-electron chi connectivity index (χ0n) is 13.5. The second-order valence-corrected chi connectivity index (χ2v) is 5.19. The smallest absolute Gasteiger partial charge is 0.244 e. The van der Waals surface area contributed by atoms with Crippen LogP contribution < -0.4 is 14.8 Å². The summed E-state index contributed by atoms with van der Waals surface area (Å²) in [7, 11) is 3.16. The summed E-state index contributed by atoms with van der Waals surface area (Å²) in [6.45, 7) is 1.95. The number of rotatable bonds is 7. The molecule has 2 aromatic rings. The van der Waals surface area contributed by atoms with E-state index in [1.165, 1.54) is 6.08 Å². The Labute approximate surface area is 135 Å². The quantitative estimate of drug-likeness (QED) is 0.798. The molecule has 0 saturated heterocycles. The molecule has 0 spiro atoms. The van der Waals surface area contributed by atoms with Gasteiger partial charge in [-0.25, -0.2) is 0 Å². The van der Waals surface area contributed by atoms with E-state index in [-0.39, 0.29) is 11.9 Å². The van der Waals surface area contributed by atoms with Gasteiger partial charge in [0.2, 0.25) is 5.91 Å². The molecule has 1 heterocycles. The van der Waals surface area contributed by atoms with Crippen molar-refractivity contribution >= 4 is 12.0 Å². The second kappa shape index (κ2) is 8.08. The largest absolute Gasteiger partial charge is 0.493 e. The number of nitrogens with one attached hydrogen (secondary N) is 1. The maximum absolute atomic E-state index is 12.0. The summed E-state index contributed by atoms with van der Waals surface area (Å²) in [5.41, 5.74) is 1.92. The lowest BCUT2D eigenvalue weighted by Gasteiger charge is -2.11. The molecule has 23 heavy (non-hydrogen) atoms. The van der Waals surface area contributed by atoms with E-state index < -0.39 is 0 Å². The monoisotopic (exact) mass is 315 g/mol. The van der Waals surface area contributed by atoms with Crippen LogP contribution in [0.25, 0.3) is 6.08 Å². The highest BCUT2D eigenvalue weighted by molar-refractivity contribution is 5.92. The van der Waals surface area contributed by atoms with Crippen molar-refractivity contribution in [2.75, 3.05) is 14.2 Å². The van der Waals surface area contributed by atoms with Gasteiger partial charge in [-0.05, 0) is 48.7 Å². The molecule has 0 aliphatic heterocycles. The standard InChI is InChI=1S/C18H21NO4/c1-13(10-15-8-9-23-12-15)19-18(20)7-5-14-4-6-16(21-2)17(11-14)22-3/h4-9,11-13H,10H2,1-3H3,(H,19,20)/b7-5+. The van der Waals surface area contributed by atoms with Crippen molar-refractivity contribution < 1.29 is 18.7 Å². The van der Waals surface area contributed by atoms with Crippen molar-refractivity contribution in [1.82, 2.24) is 5.32 Å². The second-order valence-electron chi connectivity index (χ2n) is 5.19. The molecule has 122 valence electrons. The summed E-state index contributed by atoms with van der Waals surface area (Å²) in [6, 6.07) is 7.40. The predicted molar refractivity (Wildman–Crippen MR) is 88.6 cm³/mol. The zero-order valence-corrected chi connectivity index (χ0v) is 13.5. The Hall–Kier alpha value is -2.69. The van der Waals surface area contributed by atoms with Crippen LogP contribution in [0.3, 0.4) is 0 Å². The van der Waals surface area contributed by atoms with E-state index in [4.69, 9.17) is 13.9 Å². The van der Waals surface area contributed by atoms with Gasteiger partial charge in [0.15, 0.2) is 11.5 Å². The van der Waals surface area contributed by atoms with Gasteiger partial charge in [-0.15, -0.1) is 0 Å². The lowest BCUT2D eigenvalue weighted by atomic mass is 10.1. The molecule has 1 N–H and O–H groups in total. The summed E-state index contributed by atoms with van der Waals surface area (Å²) in [6.07, 6.45) is 7.28. The molecule has 0 aliphatic rings. The summed E-state index contributed by atoms with van der Waals surface area (Å²) in [5, 5.41) is 2.92. The number of hydrogen-bond acceptors (Lipinski definition) is 4. The highest BCUT2D eigenvalue weighted by Crippen LogP contribution is 2.27. The Balaban J connectivity index is 1.92. The minimum Gasteiger partial charge on any atom is -0.493 e. The average Bonchev–Trinajstić information content (AvgIpc) is 3.05. The maximum Gasteiger partial charge on any atom is 0.244 e. The first-order valence-electron chi connectivity index (χ1n) is 7.34. The third-order valence-electron chi connectivity index (χ3n) is 3.35. The molecule has 5 heteroatoms. The Morgan fingerprint density at radius 3 is 2.70 bits per heavy atom. The van der Waals surface area contributed by atoms with E-state index in [0.717, 1.165) is 17.5 Å². The van der Waals surface area contributed by atoms with Crippen molar-refractivity contribution in [3.63, 3.8) is 0 Å². The van der Waals surface area contributed by atoms with E-state index >= 15 is 0 Å². The molecule has 1 amide bonds. The van der Waals surface area contributed by atoms with Gasteiger partial charge >= 0.3 is 0 Å². The summed E-state index contributed by atoms with van der Waals surface area (Å²) in [4.78, 5) is 12.0. The van der Waals surface area contributed by atoms with Crippen LogP contribution in [0.5, 0.6) is 11.5 Å². The van der Waals surface area contributed by atoms with Crippen molar-refractivity contribution in [3.8, 4) is 11.5 Å². The molecule has 1 aromatic heterocycles. The van der Waals surface area contributed by atoms with Gasteiger partial charge in [0, 0.05) is 12.1 Å². The highest BCUT2D eigenvalue weighted by atomic mass is 16.5. The SMILES string of the molecule is COc1ccc(/C=C/C(=O)NC(C)Cc2ccoc2)cc1OC. The first-order chi connectivity index (χ1) is 11.1. The molecule has 0 bridgehead atoms. The van der Waals surface area contributed by atoms with Crippen molar-refractivity contribution in [2.24, 2.45) is 0 Å². The van der Waals surface area contributed by atoms with E-state index in [0.29, 0.717) is 11.5 Å². The summed E-state index contributed by atoms with van der Waals surface area (Å²) in [5.74, 6) is 1.14. The van der Waals surface area contributed by atoms with Gasteiger partial charge in [-0.2, -0.15) is 0 Å². The third-order valence-corrected chi connectivity index (χ3v) is 3.35. The van der Waals surface area contributed by atoms with Crippen LogP contribution >= 0.6 is 0 Å². The number of amides is 1. The molecule has 0 saturated carbocycles. The summed E-state index contributed by atoms with van der Waals surface area (Å²) >= 11 is 0. The number of methoxy groups -OCH3 is 2. The topological polar surface area (TPSA) is 60.7 Å². The van der Waals surface area contributed by atoms with Crippen LogP contribution in [0.15, 0.2) is 47.3 Å². The number of ether oxygens (including phenoxy) is 2.